The van der Waals surface area contributed by atoms with E-state index >= 15 is 0 Å². The normalized spacial score (nSPS) is 10.2. The Hall–Kier alpha value is -1.81. The minimum absolute atomic E-state index is 0.0465. The van der Waals surface area contributed by atoms with Gasteiger partial charge in [-0.2, -0.15) is 0 Å². The predicted octanol–water partition coefficient (Wildman–Crippen LogP) is 4.37. The molecule has 4 heteroatoms. The first-order valence-electron chi connectivity index (χ1n) is 6.98. The Morgan fingerprint density at radius 2 is 1.90 bits per heavy atom. The molecule has 0 radical (unpaired) electrons. The van der Waals surface area contributed by atoms with E-state index in [0.717, 1.165) is 33.4 Å². The molecular weight excluding hydrogens is 328 g/mol. The average molecular weight is 347 g/mol. The molecule has 0 fully saturated rings. The van der Waals surface area contributed by atoms with Gasteiger partial charge in [-0.25, -0.2) is 0 Å². The lowest BCUT2D eigenvalue weighted by molar-refractivity contribution is -0.114. The number of anilines is 2. The smallest absolute Gasteiger partial charge is 0.243 e. The highest BCUT2D eigenvalue weighted by Crippen LogP contribution is 2.22. The molecule has 0 aromatic heterocycles. The van der Waals surface area contributed by atoms with E-state index in [0.29, 0.717) is 0 Å². The van der Waals surface area contributed by atoms with Crippen LogP contribution in [0.4, 0.5) is 11.4 Å². The second-order valence-corrected chi connectivity index (χ2v) is 5.70. The number of nitrogens with one attached hydrogen (secondary N) is 2. The maximum absolute atomic E-state index is 12.1. The molecule has 110 valence electrons. The van der Waals surface area contributed by atoms with Crippen LogP contribution in [0.2, 0.25) is 0 Å². The van der Waals surface area contributed by atoms with Crippen molar-refractivity contribution in [2.75, 3.05) is 17.2 Å². The molecule has 0 aliphatic rings. The molecule has 21 heavy (non-hydrogen) atoms. The van der Waals surface area contributed by atoms with Crippen LogP contribution >= 0.6 is 15.9 Å². The van der Waals surface area contributed by atoms with Gasteiger partial charge >= 0.3 is 0 Å². The summed E-state index contributed by atoms with van der Waals surface area (Å²) < 4.78 is 0.947. The zero-order valence-corrected chi connectivity index (χ0v) is 13.8. The molecule has 0 spiro atoms. The van der Waals surface area contributed by atoms with E-state index in [9.17, 15) is 4.79 Å². The minimum atomic E-state index is -0.0465. The first kappa shape index (κ1) is 15.6. The molecular formula is C17H19BrN2O. The van der Waals surface area contributed by atoms with E-state index in [-0.39, 0.29) is 12.5 Å². The number of carbonyl (C=O) groups is 1. The van der Waals surface area contributed by atoms with Gasteiger partial charge in [0.1, 0.15) is 0 Å². The maximum atomic E-state index is 12.1. The number of hydrogen-bond acceptors (Lipinski definition) is 2. The zero-order chi connectivity index (χ0) is 15.2. The second kappa shape index (κ2) is 7.27. The molecule has 0 atom stereocenters. The van der Waals surface area contributed by atoms with Crippen LogP contribution in [-0.2, 0) is 11.2 Å². The first-order valence-corrected chi connectivity index (χ1v) is 7.78. The molecule has 3 nitrogen and oxygen atoms in total. The number of halogens is 1. The van der Waals surface area contributed by atoms with Gasteiger partial charge in [0.25, 0.3) is 0 Å². The highest BCUT2D eigenvalue weighted by atomic mass is 79.9. The number of aryl methyl sites for hydroxylation is 2. The lowest BCUT2D eigenvalue weighted by Crippen LogP contribution is -2.23. The van der Waals surface area contributed by atoms with Gasteiger partial charge in [-0.3, -0.25) is 4.79 Å². The summed E-state index contributed by atoms with van der Waals surface area (Å²) in [6, 6.07) is 13.8. The highest BCUT2D eigenvalue weighted by Gasteiger charge is 2.09. The number of benzene rings is 2. The largest absolute Gasteiger partial charge is 0.375 e. The van der Waals surface area contributed by atoms with Gasteiger partial charge in [-0.05, 0) is 52.5 Å². The van der Waals surface area contributed by atoms with Gasteiger partial charge < -0.3 is 10.6 Å². The van der Waals surface area contributed by atoms with E-state index in [1.54, 1.807) is 0 Å². The van der Waals surface area contributed by atoms with Crippen molar-refractivity contribution in [1.29, 1.82) is 0 Å². The van der Waals surface area contributed by atoms with Crippen molar-refractivity contribution in [3.63, 3.8) is 0 Å². The van der Waals surface area contributed by atoms with E-state index in [4.69, 9.17) is 0 Å². The molecule has 0 bridgehead atoms. The average Bonchev–Trinajstić information content (AvgIpc) is 2.48. The molecule has 1 amide bonds. The Morgan fingerprint density at radius 3 is 2.62 bits per heavy atom. The van der Waals surface area contributed by atoms with Gasteiger partial charge in [-0.15, -0.1) is 0 Å². The van der Waals surface area contributed by atoms with Gasteiger partial charge in [0.2, 0.25) is 5.91 Å². The Balaban J connectivity index is 2.01. The molecule has 2 aromatic carbocycles. The summed E-state index contributed by atoms with van der Waals surface area (Å²) in [5, 5.41) is 6.13. The summed E-state index contributed by atoms with van der Waals surface area (Å²) in [6.07, 6.45) is 0.898. The Bertz CT molecular complexity index is 640. The molecule has 2 aromatic rings. The molecule has 0 saturated heterocycles. The lowest BCUT2D eigenvalue weighted by Gasteiger charge is -2.14. The SMILES string of the molecule is CCc1cccc(C)c1NC(=O)CNc1ccccc1Br. The maximum Gasteiger partial charge on any atom is 0.243 e. The van der Waals surface area contributed by atoms with Crippen molar-refractivity contribution in [2.24, 2.45) is 0 Å². The van der Waals surface area contributed by atoms with Gasteiger partial charge in [-0.1, -0.05) is 37.3 Å². The van der Waals surface area contributed by atoms with E-state index in [2.05, 4.69) is 33.5 Å². The van der Waals surface area contributed by atoms with Crippen LogP contribution in [0, 0.1) is 6.92 Å². The summed E-state index contributed by atoms with van der Waals surface area (Å²) >= 11 is 3.45. The van der Waals surface area contributed by atoms with Crippen molar-refractivity contribution in [3.05, 3.63) is 58.1 Å². The third kappa shape index (κ3) is 4.08. The molecule has 0 heterocycles. The summed E-state index contributed by atoms with van der Waals surface area (Å²) in [4.78, 5) is 12.1. The van der Waals surface area contributed by atoms with Crippen molar-refractivity contribution in [3.8, 4) is 0 Å². The van der Waals surface area contributed by atoms with Crippen molar-refractivity contribution in [2.45, 2.75) is 20.3 Å². The quantitative estimate of drug-likeness (QED) is 0.843. The number of rotatable bonds is 5. The fraction of sp³-hybridized carbons (Fsp3) is 0.235. The molecule has 0 aliphatic carbocycles. The lowest BCUT2D eigenvalue weighted by atomic mass is 10.1. The summed E-state index contributed by atoms with van der Waals surface area (Å²) in [5.74, 6) is -0.0465. The molecule has 2 rings (SSSR count). The van der Waals surface area contributed by atoms with Crippen LogP contribution in [-0.4, -0.2) is 12.5 Å². The van der Waals surface area contributed by atoms with Crippen LogP contribution in [0.25, 0.3) is 0 Å². The van der Waals surface area contributed by atoms with E-state index in [1.165, 1.54) is 0 Å². The molecule has 0 aliphatic heterocycles. The Labute approximate surface area is 133 Å². The van der Waals surface area contributed by atoms with Crippen molar-refractivity contribution < 1.29 is 4.79 Å². The topological polar surface area (TPSA) is 41.1 Å². The van der Waals surface area contributed by atoms with Crippen molar-refractivity contribution in [1.82, 2.24) is 0 Å². The summed E-state index contributed by atoms with van der Waals surface area (Å²) in [6.45, 7) is 4.33. The third-order valence-electron chi connectivity index (χ3n) is 3.32. The second-order valence-electron chi connectivity index (χ2n) is 4.84. The Kier molecular flexibility index (Phi) is 5.39. The van der Waals surface area contributed by atoms with Crippen LogP contribution in [0.1, 0.15) is 18.1 Å². The highest BCUT2D eigenvalue weighted by molar-refractivity contribution is 9.10. The Morgan fingerprint density at radius 1 is 1.14 bits per heavy atom. The van der Waals surface area contributed by atoms with Crippen LogP contribution in [0.15, 0.2) is 46.9 Å². The molecule has 2 N–H and O–H groups in total. The number of para-hydroxylation sites is 2. The monoisotopic (exact) mass is 346 g/mol. The summed E-state index contributed by atoms with van der Waals surface area (Å²) in [7, 11) is 0. The van der Waals surface area contributed by atoms with E-state index in [1.807, 2.05) is 49.4 Å². The number of carbonyl (C=O) groups excluding carboxylic acids is 1. The van der Waals surface area contributed by atoms with E-state index < -0.39 is 0 Å². The summed E-state index contributed by atoms with van der Waals surface area (Å²) in [5.41, 5.74) is 4.08. The molecule has 0 saturated carbocycles. The molecule has 0 unspecified atom stereocenters. The zero-order valence-electron chi connectivity index (χ0n) is 12.2. The number of amides is 1. The third-order valence-corrected chi connectivity index (χ3v) is 4.01. The van der Waals surface area contributed by atoms with Gasteiger partial charge in [0.15, 0.2) is 0 Å². The fourth-order valence-corrected chi connectivity index (χ4v) is 2.59. The standard InChI is InChI=1S/C17H19BrN2O/c1-3-13-8-6-7-12(2)17(13)20-16(21)11-19-15-10-5-4-9-14(15)18/h4-10,19H,3,11H2,1-2H3,(H,20,21). The predicted molar refractivity (Wildman–Crippen MR) is 91.8 cm³/mol. The van der Waals surface area contributed by atoms with Gasteiger partial charge in [0, 0.05) is 15.8 Å². The number of hydrogen-bond donors (Lipinski definition) is 2. The fourth-order valence-electron chi connectivity index (χ4n) is 2.17. The first-order chi connectivity index (χ1) is 10.1. The van der Waals surface area contributed by atoms with Crippen LogP contribution < -0.4 is 10.6 Å². The van der Waals surface area contributed by atoms with Crippen molar-refractivity contribution >= 4 is 33.2 Å². The van der Waals surface area contributed by atoms with Crippen LogP contribution in [0.3, 0.4) is 0 Å². The van der Waals surface area contributed by atoms with Crippen LogP contribution in [0.5, 0.6) is 0 Å². The minimum Gasteiger partial charge on any atom is -0.375 e. The van der Waals surface area contributed by atoms with Gasteiger partial charge in [0.05, 0.1) is 6.54 Å².